The Labute approximate surface area is 113 Å². The van der Waals surface area contributed by atoms with Crippen LogP contribution in [0.1, 0.15) is 43.7 Å². The summed E-state index contributed by atoms with van der Waals surface area (Å²) >= 11 is 0. The van der Waals surface area contributed by atoms with Gasteiger partial charge in [0, 0.05) is 12.1 Å². The second-order valence-corrected chi connectivity index (χ2v) is 7.57. The van der Waals surface area contributed by atoms with Gasteiger partial charge in [-0.15, -0.1) is 0 Å². The highest BCUT2D eigenvalue weighted by Crippen LogP contribution is 2.34. The zero-order valence-corrected chi connectivity index (χ0v) is 11.5. The van der Waals surface area contributed by atoms with Gasteiger partial charge in [0.15, 0.2) is 9.84 Å². The van der Waals surface area contributed by atoms with Crippen LogP contribution < -0.4 is 5.32 Å². The standard InChI is InChI=1S/C14H18FNO2S/c15-10-5-6-14-12(9-10)13(7-8-19(14,17)18)16-11-3-1-2-4-11/h5-6,9,11,13,16H,1-4,7-8H2. The molecule has 1 aromatic rings. The molecule has 0 spiro atoms. The molecule has 0 radical (unpaired) electrons. The zero-order chi connectivity index (χ0) is 13.5. The summed E-state index contributed by atoms with van der Waals surface area (Å²) in [6, 6.07) is 4.43. The van der Waals surface area contributed by atoms with Gasteiger partial charge in [-0.05, 0) is 43.0 Å². The van der Waals surface area contributed by atoms with E-state index >= 15 is 0 Å². The Bertz CT molecular complexity index is 579. The summed E-state index contributed by atoms with van der Waals surface area (Å²) < 4.78 is 37.4. The van der Waals surface area contributed by atoms with Crippen LogP contribution in [0.3, 0.4) is 0 Å². The molecule has 0 amide bonds. The fourth-order valence-electron chi connectivity index (χ4n) is 3.16. The predicted molar refractivity (Wildman–Crippen MR) is 71.2 cm³/mol. The molecule has 19 heavy (non-hydrogen) atoms. The van der Waals surface area contributed by atoms with Gasteiger partial charge < -0.3 is 5.32 Å². The topological polar surface area (TPSA) is 46.2 Å². The zero-order valence-electron chi connectivity index (χ0n) is 10.7. The molecule has 1 atom stereocenters. The fraction of sp³-hybridized carbons (Fsp3) is 0.571. The van der Waals surface area contributed by atoms with Gasteiger partial charge in [-0.1, -0.05) is 12.8 Å². The van der Waals surface area contributed by atoms with E-state index in [1.54, 1.807) is 0 Å². The normalized spacial score (nSPS) is 26.3. The molecule has 104 valence electrons. The molecule has 0 saturated heterocycles. The van der Waals surface area contributed by atoms with Gasteiger partial charge in [0.05, 0.1) is 10.6 Å². The minimum absolute atomic E-state index is 0.0303. The van der Waals surface area contributed by atoms with Gasteiger partial charge in [0.2, 0.25) is 0 Å². The average Bonchev–Trinajstić information content (AvgIpc) is 2.85. The third kappa shape index (κ3) is 2.54. The van der Waals surface area contributed by atoms with Crippen LogP contribution in [0.2, 0.25) is 0 Å². The van der Waals surface area contributed by atoms with E-state index in [0.717, 1.165) is 12.8 Å². The number of nitrogens with one attached hydrogen (secondary N) is 1. The number of hydrogen-bond acceptors (Lipinski definition) is 3. The van der Waals surface area contributed by atoms with Gasteiger partial charge >= 0.3 is 0 Å². The third-order valence-corrected chi connectivity index (χ3v) is 5.96. The summed E-state index contributed by atoms with van der Waals surface area (Å²) in [7, 11) is -3.23. The second kappa shape index (κ2) is 4.87. The van der Waals surface area contributed by atoms with Crippen molar-refractivity contribution in [2.45, 2.75) is 49.1 Å². The van der Waals surface area contributed by atoms with Crippen LogP contribution in [0.15, 0.2) is 23.1 Å². The van der Waals surface area contributed by atoms with Crippen molar-refractivity contribution in [3.8, 4) is 0 Å². The maximum atomic E-state index is 13.4. The highest BCUT2D eigenvalue weighted by Gasteiger charge is 2.32. The smallest absolute Gasteiger partial charge is 0.178 e. The van der Waals surface area contributed by atoms with Crippen LogP contribution in [0, 0.1) is 5.82 Å². The highest BCUT2D eigenvalue weighted by molar-refractivity contribution is 7.91. The van der Waals surface area contributed by atoms with Crippen molar-refractivity contribution in [2.75, 3.05) is 5.75 Å². The monoisotopic (exact) mass is 283 g/mol. The average molecular weight is 283 g/mol. The van der Waals surface area contributed by atoms with E-state index in [0.29, 0.717) is 22.9 Å². The Kier molecular flexibility index (Phi) is 3.35. The maximum absolute atomic E-state index is 13.4. The van der Waals surface area contributed by atoms with Crippen LogP contribution in [0.4, 0.5) is 4.39 Å². The lowest BCUT2D eigenvalue weighted by molar-refractivity contribution is 0.417. The van der Waals surface area contributed by atoms with E-state index in [-0.39, 0.29) is 17.6 Å². The quantitative estimate of drug-likeness (QED) is 0.849. The molecule has 1 heterocycles. The first-order valence-corrected chi connectivity index (χ1v) is 8.50. The Hall–Kier alpha value is -0.940. The molecule has 1 saturated carbocycles. The Morgan fingerprint density at radius 2 is 1.89 bits per heavy atom. The van der Waals surface area contributed by atoms with Crippen molar-refractivity contribution in [1.29, 1.82) is 0 Å². The Morgan fingerprint density at radius 3 is 2.63 bits per heavy atom. The number of halogens is 1. The SMILES string of the molecule is O=S1(=O)CCC(NC2CCCC2)c2cc(F)ccc21. The minimum atomic E-state index is -3.23. The molecule has 0 aromatic heterocycles. The van der Waals surface area contributed by atoms with Gasteiger partial charge in [0.25, 0.3) is 0 Å². The third-order valence-electron chi connectivity index (χ3n) is 4.15. The van der Waals surface area contributed by atoms with Crippen LogP contribution in [0.5, 0.6) is 0 Å². The van der Waals surface area contributed by atoms with Gasteiger partial charge in [-0.3, -0.25) is 0 Å². The number of hydrogen-bond donors (Lipinski definition) is 1. The van der Waals surface area contributed by atoms with E-state index in [2.05, 4.69) is 5.32 Å². The van der Waals surface area contributed by atoms with Gasteiger partial charge in [-0.25, -0.2) is 12.8 Å². The Morgan fingerprint density at radius 1 is 1.16 bits per heavy atom. The van der Waals surface area contributed by atoms with E-state index in [1.165, 1.54) is 31.0 Å². The molecule has 2 aliphatic rings. The van der Waals surface area contributed by atoms with E-state index < -0.39 is 9.84 Å². The van der Waals surface area contributed by atoms with E-state index in [9.17, 15) is 12.8 Å². The number of sulfone groups is 1. The van der Waals surface area contributed by atoms with Crippen molar-refractivity contribution in [3.05, 3.63) is 29.6 Å². The number of rotatable bonds is 2. The molecule has 1 fully saturated rings. The first-order valence-electron chi connectivity index (χ1n) is 6.84. The maximum Gasteiger partial charge on any atom is 0.178 e. The fourth-order valence-corrected chi connectivity index (χ4v) is 4.77. The Balaban J connectivity index is 1.93. The van der Waals surface area contributed by atoms with Crippen LogP contribution >= 0.6 is 0 Å². The number of benzene rings is 1. The molecule has 1 unspecified atom stereocenters. The van der Waals surface area contributed by atoms with Crippen LogP contribution in [-0.4, -0.2) is 20.2 Å². The lowest BCUT2D eigenvalue weighted by atomic mass is 10.0. The predicted octanol–water partition coefficient (Wildman–Crippen LogP) is 2.58. The summed E-state index contributed by atoms with van der Waals surface area (Å²) in [5, 5.41) is 3.51. The van der Waals surface area contributed by atoms with Gasteiger partial charge in [0.1, 0.15) is 5.82 Å². The van der Waals surface area contributed by atoms with E-state index in [1.807, 2.05) is 0 Å². The van der Waals surface area contributed by atoms with Crippen molar-refractivity contribution >= 4 is 9.84 Å². The minimum Gasteiger partial charge on any atom is -0.307 e. The molecule has 1 aliphatic heterocycles. The van der Waals surface area contributed by atoms with Crippen LogP contribution in [0.25, 0.3) is 0 Å². The van der Waals surface area contributed by atoms with Crippen molar-refractivity contribution < 1.29 is 12.8 Å². The molecular formula is C14H18FNO2S. The van der Waals surface area contributed by atoms with Crippen molar-refractivity contribution in [2.24, 2.45) is 0 Å². The van der Waals surface area contributed by atoms with E-state index in [4.69, 9.17) is 0 Å². The highest BCUT2D eigenvalue weighted by atomic mass is 32.2. The molecular weight excluding hydrogens is 265 g/mol. The van der Waals surface area contributed by atoms with Crippen molar-refractivity contribution in [1.82, 2.24) is 5.32 Å². The summed E-state index contributed by atoms with van der Waals surface area (Å²) in [6.45, 7) is 0. The molecule has 3 rings (SSSR count). The molecule has 1 aliphatic carbocycles. The summed E-state index contributed by atoms with van der Waals surface area (Å²) in [4.78, 5) is 0.302. The summed E-state index contributed by atoms with van der Waals surface area (Å²) in [5.41, 5.74) is 0.609. The molecule has 1 N–H and O–H groups in total. The second-order valence-electron chi connectivity index (χ2n) is 5.49. The lowest BCUT2D eigenvalue weighted by Crippen LogP contribution is -2.35. The molecule has 3 nitrogen and oxygen atoms in total. The van der Waals surface area contributed by atoms with Crippen LogP contribution in [-0.2, 0) is 9.84 Å². The molecule has 5 heteroatoms. The summed E-state index contributed by atoms with van der Waals surface area (Å²) in [5.74, 6) is -0.218. The lowest BCUT2D eigenvalue weighted by Gasteiger charge is -2.29. The van der Waals surface area contributed by atoms with Crippen molar-refractivity contribution in [3.63, 3.8) is 0 Å². The first kappa shape index (κ1) is 13.1. The first-order chi connectivity index (χ1) is 9.06. The van der Waals surface area contributed by atoms with Gasteiger partial charge in [-0.2, -0.15) is 0 Å². The molecule has 1 aromatic carbocycles. The summed E-state index contributed by atoms with van der Waals surface area (Å²) in [6.07, 6.45) is 5.24. The number of fused-ring (bicyclic) bond motifs is 1. The molecule has 0 bridgehead atoms. The largest absolute Gasteiger partial charge is 0.307 e.